The standard InChI is InChI=1S/C16H32N2O3/c1-5-7-14(6-2)18-16(21)17-11-10-13(12(3)4)8-9-15(19)20/h12-14H,5-11H2,1-4H3,(H,19,20)(H2,17,18,21). The van der Waals surface area contributed by atoms with E-state index in [1.807, 2.05) is 0 Å². The van der Waals surface area contributed by atoms with Crippen molar-refractivity contribution in [1.29, 1.82) is 0 Å². The molecule has 0 aromatic heterocycles. The van der Waals surface area contributed by atoms with Gasteiger partial charge in [-0.25, -0.2) is 4.79 Å². The summed E-state index contributed by atoms with van der Waals surface area (Å²) in [4.78, 5) is 22.4. The fraction of sp³-hybridized carbons (Fsp3) is 0.875. The van der Waals surface area contributed by atoms with Gasteiger partial charge in [0.05, 0.1) is 0 Å². The van der Waals surface area contributed by atoms with Crippen LogP contribution < -0.4 is 10.6 Å². The molecular weight excluding hydrogens is 268 g/mol. The van der Waals surface area contributed by atoms with Crippen molar-refractivity contribution < 1.29 is 14.7 Å². The minimum atomic E-state index is -0.753. The molecule has 0 saturated heterocycles. The summed E-state index contributed by atoms with van der Waals surface area (Å²) in [5, 5.41) is 14.6. The molecule has 2 amide bonds. The Labute approximate surface area is 128 Å². The number of hydrogen-bond acceptors (Lipinski definition) is 2. The third-order valence-corrected chi connectivity index (χ3v) is 3.94. The van der Waals surface area contributed by atoms with Crippen molar-refractivity contribution in [2.24, 2.45) is 11.8 Å². The lowest BCUT2D eigenvalue weighted by molar-refractivity contribution is -0.137. The fourth-order valence-electron chi connectivity index (χ4n) is 2.45. The first kappa shape index (κ1) is 19.7. The maximum Gasteiger partial charge on any atom is 0.315 e. The smallest absolute Gasteiger partial charge is 0.315 e. The molecule has 21 heavy (non-hydrogen) atoms. The molecule has 0 saturated carbocycles. The molecule has 0 bridgehead atoms. The Hall–Kier alpha value is -1.26. The first-order valence-corrected chi connectivity index (χ1v) is 8.16. The molecule has 2 unspecified atom stereocenters. The largest absolute Gasteiger partial charge is 0.481 e. The topological polar surface area (TPSA) is 78.4 Å². The molecule has 0 rings (SSSR count). The number of amides is 2. The highest BCUT2D eigenvalue weighted by molar-refractivity contribution is 5.74. The quantitative estimate of drug-likeness (QED) is 0.547. The zero-order valence-corrected chi connectivity index (χ0v) is 13.9. The molecule has 5 nitrogen and oxygen atoms in total. The van der Waals surface area contributed by atoms with E-state index in [-0.39, 0.29) is 18.5 Å². The normalized spacial score (nSPS) is 13.8. The Bertz CT molecular complexity index is 306. The van der Waals surface area contributed by atoms with E-state index in [0.29, 0.717) is 24.8 Å². The fourth-order valence-corrected chi connectivity index (χ4v) is 2.45. The van der Waals surface area contributed by atoms with Crippen LogP contribution in [0.3, 0.4) is 0 Å². The molecule has 124 valence electrons. The van der Waals surface area contributed by atoms with Gasteiger partial charge in [0.25, 0.3) is 0 Å². The van der Waals surface area contributed by atoms with Gasteiger partial charge in [0.1, 0.15) is 0 Å². The van der Waals surface area contributed by atoms with Crippen molar-refractivity contribution in [3.63, 3.8) is 0 Å². The Kier molecular flexibility index (Phi) is 10.7. The predicted octanol–water partition coefficient (Wildman–Crippen LogP) is 3.39. The molecule has 0 radical (unpaired) electrons. The van der Waals surface area contributed by atoms with Gasteiger partial charge in [0.15, 0.2) is 0 Å². The average molecular weight is 300 g/mol. The maximum absolute atomic E-state index is 11.8. The summed E-state index contributed by atoms with van der Waals surface area (Å²) in [6.45, 7) is 8.97. The molecule has 5 heteroatoms. The second kappa shape index (κ2) is 11.4. The lowest BCUT2D eigenvalue weighted by Gasteiger charge is -2.21. The third kappa shape index (κ3) is 10.2. The highest BCUT2D eigenvalue weighted by Gasteiger charge is 2.15. The minimum Gasteiger partial charge on any atom is -0.481 e. The second-order valence-electron chi connectivity index (χ2n) is 6.02. The number of urea groups is 1. The molecule has 0 heterocycles. The van der Waals surface area contributed by atoms with Crippen LogP contribution in [0.15, 0.2) is 0 Å². The van der Waals surface area contributed by atoms with Crippen LogP contribution in [0.1, 0.15) is 66.2 Å². The van der Waals surface area contributed by atoms with E-state index in [9.17, 15) is 9.59 Å². The second-order valence-corrected chi connectivity index (χ2v) is 6.02. The Morgan fingerprint density at radius 1 is 1.10 bits per heavy atom. The van der Waals surface area contributed by atoms with E-state index in [1.54, 1.807) is 0 Å². The van der Waals surface area contributed by atoms with Gasteiger partial charge >= 0.3 is 12.0 Å². The highest BCUT2D eigenvalue weighted by atomic mass is 16.4. The van der Waals surface area contributed by atoms with Gasteiger partial charge in [-0.2, -0.15) is 0 Å². The van der Waals surface area contributed by atoms with E-state index < -0.39 is 5.97 Å². The third-order valence-electron chi connectivity index (χ3n) is 3.94. The molecule has 0 fully saturated rings. The van der Waals surface area contributed by atoms with Crippen molar-refractivity contribution in [1.82, 2.24) is 10.6 Å². The van der Waals surface area contributed by atoms with Crippen molar-refractivity contribution in [2.75, 3.05) is 6.54 Å². The van der Waals surface area contributed by atoms with Gasteiger partial charge in [-0.15, -0.1) is 0 Å². The number of nitrogens with one attached hydrogen (secondary N) is 2. The van der Waals surface area contributed by atoms with Crippen LogP contribution in [0.2, 0.25) is 0 Å². The zero-order chi connectivity index (χ0) is 16.3. The summed E-state index contributed by atoms with van der Waals surface area (Å²) >= 11 is 0. The van der Waals surface area contributed by atoms with E-state index in [2.05, 4.69) is 38.3 Å². The zero-order valence-electron chi connectivity index (χ0n) is 13.9. The first-order valence-electron chi connectivity index (χ1n) is 8.16. The Morgan fingerprint density at radius 3 is 2.24 bits per heavy atom. The van der Waals surface area contributed by atoms with Gasteiger partial charge in [0, 0.05) is 19.0 Å². The van der Waals surface area contributed by atoms with Crippen LogP contribution in [-0.2, 0) is 4.79 Å². The minimum absolute atomic E-state index is 0.115. The molecule has 0 aromatic carbocycles. The first-order chi connectivity index (χ1) is 9.90. The Balaban J connectivity index is 4.01. The van der Waals surface area contributed by atoms with E-state index in [4.69, 9.17) is 5.11 Å². The van der Waals surface area contributed by atoms with Crippen LogP contribution >= 0.6 is 0 Å². The SMILES string of the molecule is CCCC(CC)NC(=O)NCCC(CCC(=O)O)C(C)C. The number of carboxylic acids is 1. The van der Waals surface area contributed by atoms with Crippen LogP contribution in [0, 0.1) is 11.8 Å². The number of carbonyl (C=O) groups is 2. The molecule has 0 spiro atoms. The van der Waals surface area contributed by atoms with Crippen LogP contribution in [0.4, 0.5) is 4.79 Å². The molecule has 3 N–H and O–H groups in total. The van der Waals surface area contributed by atoms with Crippen LogP contribution in [-0.4, -0.2) is 29.7 Å². The lowest BCUT2D eigenvalue weighted by Crippen LogP contribution is -2.42. The molecule has 2 atom stereocenters. The number of carbonyl (C=O) groups excluding carboxylic acids is 1. The molecule has 0 aliphatic heterocycles. The number of carboxylic acid groups (broad SMARTS) is 1. The monoisotopic (exact) mass is 300 g/mol. The van der Waals surface area contributed by atoms with Crippen molar-refractivity contribution in [2.45, 2.75) is 72.3 Å². The number of hydrogen-bond donors (Lipinski definition) is 3. The summed E-state index contributed by atoms with van der Waals surface area (Å²) < 4.78 is 0. The molecule has 0 aliphatic rings. The summed E-state index contributed by atoms with van der Waals surface area (Å²) in [5.74, 6) is 0.00779. The summed E-state index contributed by atoms with van der Waals surface area (Å²) in [6, 6.07) is 0.124. The Morgan fingerprint density at radius 2 is 1.76 bits per heavy atom. The number of rotatable bonds is 11. The van der Waals surface area contributed by atoms with Crippen LogP contribution in [0.25, 0.3) is 0 Å². The van der Waals surface area contributed by atoms with Gasteiger partial charge in [-0.3, -0.25) is 4.79 Å². The highest BCUT2D eigenvalue weighted by Crippen LogP contribution is 2.20. The predicted molar refractivity (Wildman–Crippen MR) is 85.3 cm³/mol. The number of aliphatic carboxylic acids is 1. The van der Waals surface area contributed by atoms with Gasteiger partial charge in [0.2, 0.25) is 0 Å². The molecule has 0 aromatic rings. The molecule has 0 aliphatic carbocycles. The van der Waals surface area contributed by atoms with Crippen LogP contribution in [0.5, 0.6) is 0 Å². The van der Waals surface area contributed by atoms with Gasteiger partial charge < -0.3 is 15.7 Å². The van der Waals surface area contributed by atoms with Crippen molar-refractivity contribution >= 4 is 12.0 Å². The average Bonchev–Trinajstić information content (AvgIpc) is 2.41. The van der Waals surface area contributed by atoms with Crippen molar-refractivity contribution in [3.8, 4) is 0 Å². The van der Waals surface area contributed by atoms with E-state index in [1.165, 1.54) is 0 Å². The van der Waals surface area contributed by atoms with Gasteiger partial charge in [-0.05, 0) is 37.5 Å². The van der Waals surface area contributed by atoms with Gasteiger partial charge in [-0.1, -0.05) is 34.1 Å². The lowest BCUT2D eigenvalue weighted by atomic mass is 9.88. The van der Waals surface area contributed by atoms with Crippen molar-refractivity contribution in [3.05, 3.63) is 0 Å². The summed E-state index contributed by atoms with van der Waals surface area (Å²) in [5.41, 5.74) is 0. The maximum atomic E-state index is 11.8. The summed E-state index contributed by atoms with van der Waals surface area (Å²) in [6.07, 6.45) is 4.69. The molecular formula is C16H32N2O3. The summed E-state index contributed by atoms with van der Waals surface area (Å²) in [7, 11) is 0. The van der Waals surface area contributed by atoms with E-state index in [0.717, 1.165) is 25.7 Å². The van der Waals surface area contributed by atoms with E-state index >= 15 is 0 Å².